The summed E-state index contributed by atoms with van der Waals surface area (Å²) in [4.78, 5) is 22.8. The van der Waals surface area contributed by atoms with Crippen LogP contribution in [0.1, 0.15) is 26.3 Å². The van der Waals surface area contributed by atoms with Crippen LogP contribution in [0, 0.1) is 0 Å². The number of anilines is 2. The van der Waals surface area contributed by atoms with Crippen LogP contribution < -0.4 is 22.3 Å². The quantitative estimate of drug-likeness (QED) is 0.320. The molecule has 1 amide bonds. The minimum absolute atomic E-state index is 0.202. The van der Waals surface area contributed by atoms with Crippen molar-refractivity contribution in [1.29, 1.82) is 0 Å². The van der Waals surface area contributed by atoms with E-state index in [2.05, 4.69) is 10.7 Å². The number of hydrogen-bond acceptors (Lipinski definition) is 5. The average molecular weight is 300 g/mol. The molecule has 22 heavy (non-hydrogen) atoms. The van der Waals surface area contributed by atoms with Gasteiger partial charge in [-0.3, -0.25) is 10.6 Å². The van der Waals surface area contributed by atoms with Crippen molar-refractivity contribution in [2.75, 3.05) is 11.2 Å². The van der Waals surface area contributed by atoms with E-state index in [4.69, 9.17) is 16.7 Å². The Morgan fingerprint density at radius 2 is 1.68 bits per heavy atom. The highest BCUT2D eigenvalue weighted by atomic mass is 16.4. The number of carbonyl (C=O) groups is 2. The number of hydrogen-bond donors (Lipinski definition) is 5. The minimum Gasteiger partial charge on any atom is -0.478 e. The number of carbonyl (C=O) groups excluding carboxylic acids is 1. The molecule has 0 aromatic heterocycles. The Bertz CT molecular complexity index is 698. The highest BCUT2D eigenvalue weighted by molar-refractivity contribution is 5.96. The molecule has 114 valence electrons. The Morgan fingerprint density at radius 1 is 1.05 bits per heavy atom. The van der Waals surface area contributed by atoms with Gasteiger partial charge < -0.3 is 21.6 Å². The standard InChI is InChI=1S/C15H16N4O3/c16-12-7-11(5-6-13(12)19-17)14(20)18-8-9-1-3-10(4-2-9)15(21)22/h1-7,19H,8,16-17H2,(H,18,20)(H,21,22). The van der Waals surface area contributed by atoms with Crippen molar-refractivity contribution in [2.45, 2.75) is 6.54 Å². The van der Waals surface area contributed by atoms with Gasteiger partial charge in [0, 0.05) is 12.1 Å². The summed E-state index contributed by atoms with van der Waals surface area (Å²) >= 11 is 0. The number of benzene rings is 2. The van der Waals surface area contributed by atoms with Crippen molar-refractivity contribution in [3.05, 3.63) is 59.2 Å². The second-order valence-corrected chi connectivity index (χ2v) is 4.63. The molecule has 0 bridgehead atoms. The zero-order chi connectivity index (χ0) is 16.1. The second kappa shape index (κ2) is 6.59. The molecule has 2 rings (SSSR count). The Kier molecular flexibility index (Phi) is 4.60. The first-order valence-corrected chi connectivity index (χ1v) is 6.48. The molecule has 0 spiro atoms. The number of carboxylic acids is 1. The maximum Gasteiger partial charge on any atom is 0.335 e. The molecule has 2 aromatic rings. The van der Waals surface area contributed by atoms with Crippen molar-refractivity contribution in [3.63, 3.8) is 0 Å². The average Bonchev–Trinajstić information content (AvgIpc) is 2.52. The first-order valence-electron chi connectivity index (χ1n) is 6.48. The number of aromatic carboxylic acids is 1. The van der Waals surface area contributed by atoms with E-state index in [9.17, 15) is 9.59 Å². The summed E-state index contributed by atoms with van der Waals surface area (Å²) in [5, 5.41) is 11.6. The van der Waals surface area contributed by atoms with Crippen LogP contribution in [0.4, 0.5) is 11.4 Å². The third-order valence-corrected chi connectivity index (χ3v) is 3.12. The molecule has 0 saturated heterocycles. The predicted octanol–water partition coefficient (Wildman–Crippen LogP) is 1.18. The van der Waals surface area contributed by atoms with E-state index in [1.807, 2.05) is 0 Å². The van der Waals surface area contributed by atoms with Gasteiger partial charge in [-0.2, -0.15) is 0 Å². The molecule has 0 atom stereocenters. The lowest BCUT2D eigenvalue weighted by molar-refractivity contribution is 0.0696. The molecular formula is C15H16N4O3. The molecule has 7 heteroatoms. The van der Waals surface area contributed by atoms with E-state index in [-0.39, 0.29) is 18.0 Å². The number of nitrogens with one attached hydrogen (secondary N) is 2. The molecule has 0 aliphatic rings. The van der Waals surface area contributed by atoms with E-state index in [1.54, 1.807) is 24.3 Å². The molecule has 2 aromatic carbocycles. The summed E-state index contributed by atoms with van der Waals surface area (Å²) in [5.41, 5.74) is 10.5. The highest BCUT2D eigenvalue weighted by Gasteiger charge is 2.08. The van der Waals surface area contributed by atoms with E-state index in [0.29, 0.717) is 16.9 Å². The fraction of sp³-hybridized carbons (Fsp3) is 0.0667. The third kappa shape index (κ3) is 3.53. The molecule has 0 unspecified atom stereocenters. The number of carboxylic acid groups (broad SMARTS) is 1. The second-order valence-electron chi connectivity index (χ2n) is 4.63. The Balaban J connectivity index is 2.00. The summed E-state index contributed by atoms with van der Waals surface area (Å²) in [5.74, 6) is 4.01. The summed E-state index contributed by atoms with van der Waals surface area (Å²) in [6.07, 6.45) is 0. The van der Waals surface area contributed by atoms with Gasteiger partial charge in [-0.05, 0) is 35.9 Å². The summed E-state index contributed by atoms with van der Waals surface area (Å²) in [7, 11) is 0. The van der Waals surface area contributed by atoms with Crippen molar-refractivity contribution < 1.29 is 14.7 Å². The lowest BCUT2D eigenvalue weighted by Crippen LogP contribution is -2.23. The largest absolute Gasteiger partial charge is 0.478 e. The molecule has 0 aliphatic carbocycles. The summed E-state index contributed by atoms with van der Waals surface area (Å²) in [6, 6.07) is 11.0. The number of rotatable bonds is 5. The molecular weight excluding hydrogens is 284 g/mol. The Labute approximate surface area is 126 Å². The molecule has 0 aliphatic heterocycles. The van der Waals surface area contributed by atoms with Gasteiger partial charge in [0.15, 0.2) is 0 Å². The van der Waals surface area contributed by atoms with Crippen molar-refractivity contribution in [2.24, 2.45) is 5.84 Å². The Morgan fingerprint density at radius 3 is 2.23 bits per heavy atom. The third-order valence-electron chi connectivity index (χ3n) is 3.12. The monoisotopic (exact) mass is 300 g/mol. The lowest BCUT2D eigenvalue weighted by atomic mass is 10.1. The molecule has 0 saturated carbocycles. The molecule has 0 heterocycles. The van der Waals surface area contributed by atoms with Crippen LogP contribution in [-0.4, -0.2) is 17.0 Å². The summed E-state index contributed by atoms with van der Waals surface area (Å²) in [6.45, 7) is 0.287. The normalized spacial score (nSPS) is 10.0. The topological polar surface area (TPSA) is 130 Å². The smallest absolute Gasteiger partial charge is 0.335 e. The van der Waals surface area contributed by atoms with E-state index < -0.39 is 5.97 Å². The van der Waals surface area contributed by atoms with Crippen molar-refractivity contribution in [3.8, 4) is 0 Å². The van der Waals surface area contributed by atoms with Crippen LogP contribution in [0.2, 0.25) is 0 Å². The predicted molar refractivity (Wildman–Crippen MR) is 83.2 cm³/mol. The van der Waals surface area contributed by atoms with Crippen LogP contribution >= 0.6 is 0 Å². The summed E-state index contributed by atoms with van der Waals surface area (Å²) < 4.78 is 0. The van der Waals surface area contributed by atoms with Gasteiger partial charge in [0.2, 0.25) is 0 Å². The zero-order valence-electron chi connectivity index (χ0n) is 11.7. The fourth-order valence-corrected chi connectivity index (χ4v) is 1.88. The maximum absolute atomic E-state index is 12.0. The van der Waals surface area contributed by atoms with Crippen LogP contribution in [-0.2, 0) is 6.54 Å². The first kappa shape index (κ1) is 15.3. The van der Waals surface area contributed by atoms with Gasteiger partial charge in [0.25, 0.3) is 5.91 Å². The van der Waals surface area contributed by atoms with Crippen LogP contribution in [0.25, 0.3) is 0 Å². The van der Waals surface area contributed by atoms with Crippen molar-refractivity contribution >= 4 is 23.3 Å². The highest BCUT2D eigenvalue weighted by Crippen LogP contribution is 2.18. The van der Waals surface area contributed by atoms with Gasteiger partial charge in [-0.25, -0.2) is 4.79 Å². The van der Waals surface area contributed by atoms with Crippen molar-refractivity contribution in [1.82, 2.24) is 5.32 Å². The molecule has 7 N–H and O–H groups in total. The first-order chi connectivity index (χ1) is 10.5. The van der Waals surface area contributed by atoms with Crippen LogP contribution in [0.5, 0.6) is 0 Å². The van der Waals surface area contributed by atoms with Crippen LogP contribution in [0.15, 0.2) is 42.5 Å². The number of nitrogen functional groups attached to an aromatic ring is 2. The number of nitrogens with two attached hydrogens (primary N) is 2. The van der Waals surface area contributed by atoms with Gasteiger partial charge in [0.05, 0.1) is 16.9 Å². The van der Waals surface area contributed by atoms with Gasteiger partial charge in [-0.15, -0.1) is 0 Å². The van der Waals surface area contributed by atoms with Gasteiger partial charge in [-0.1, -0.05) is 12.1 Å². The lowest BCUT2D eigenvalue weighted by Gasteiger charge is -2.09. The SMILES string of the molecule is NNc1ccc(C(=O)NCc2ccc(C(=O)O)cc2)cc1N. The van der Waals surface area contributed by atoms with Crippen LogP contribution in [0.3, 0.4) is 0 Å². The maximum atomic E-state index is 12.0. The Hall–Kier alpha value is -3.06. The van der Waals surface area contributed by atoms with Gasteiger partial charge >= 0.3 is 5.97 Å². The van der Waals surface area contributed by atoms with E-state index in [0.717, 1.165) is 5.56 Å². The fourth-order valence-electron chi connectivity index (χ4n) is 1.88. The van der Waals surface area contributed by atoms with E-state index >= 15 is 0 Å². The molecule has 0 fully saturated rings. The molecule has 0 radical (unpaired) electrons. The number of hydrazine groups is 1. The minimum atomic E-state index is -0.986. The number of amides is 1. The zero-order valence-corrected chi connectivity index (χ0v) is 11.7. The van der Waals surface area contributed by atoms with Gasteiger partial charge in [0.1, 0.15) is 0 Å². The molecule has 7 nitrogen and oxygen atoms in total. The van der Waals surface area contributed by atoms with E-state index in [1.165, 1.54) is 18.2 Å².